The molecule has 0 saturated heterocycles. The maximum atomic E-state index is 5.86. The molecule has 9 rings (SSSR count). The van der Waals surface area contributed by atoms with E-state index in [4.69, 9.17) is 31.5 Å². The van der Waals surface area contributed by atoms with Gasteiger partial charge in [-0.3, -0.25) is 0 Å². The molecule has 0 aliphatic heterocycles. The summed E-state index contributed by atoms with van der Waals surface area (Å²) in [5, 5.41) is 13.3. The Morgan fingerprint density at radius 1 is 0.559 bits per heavy atom. The van der Waals surface area contributed by atoms with E-state index in [1.807, 2.05) is 80.0 Å². The molecule has 0 amide bonds. The van der Waals surface area contributed by atoms with Crippen LogP contribution in [0.25, 0.3) is 30.6 Å². The number of halogens is 1. The monoisotopic (exact) mass is 863 g/mol. The van der Waals surface area contributed by atoms with Crippen LogP contribution in [0, 0.1) is 20.8 Å². The quantitative estimate of drug-likeness (QED) is 0.116. The number of benzene rings is 3. The van der Waals surface area contributed by atoms with Crippen LogP contribution in [0.1, 0.15) is 16.7 Å². The zero-order chi connectivity index (χ0) is 41.9. The van der Waals surface area contributed by atoms with E-state index in [1.165, 1.54) is 17.5 Å². The number of nitrogens with two attached hydrogens (primary N) is 1. The second-order valence-electron chi connectivity index (χ2n) is 12.8. The average molecular weight is 865 g/mol. The van der Waals surface area contributed by atoms with E-state index in [9.17, 15) is 0 Å². The van der Waals surface area contributed by atoms with Crippen LogP contribution in [0.15, 0.2) is 108 Å². The molecule has 0 spiro atoms. The van der Waals surface area contributed by atoms with E-state index in [0.717, 1.165) is 82.2 Å². The number of nitrogen functional groups attached to an aromatic ring is 1. The largest absolute Gasteiger partial charge is 0.497 e. The van der Waals surface area contributed by atoms with Crippen LogP contribution in [0.3, 0.4) is 0 Å². The summed E-state index contributed by atoms with van der Waals surface area (Å²) >= 11 is 10.7. The number of methoxy groups -OCH3 is 3. The topological polar surface area (TPSA) is 146 Å². The molecule has 0 radical (unpaired) electrons. The average Bonchev–Trinajstić information content (AvgIpc) is 3.98. The van der Waals surface area contributed by atoms with Crippen LogP contribution in [-0.4, -0.2) is 58.3 Å². The van der Waals surface area contributed by atoms with Gasteiger partial charge in [-0.05, 0) is 126 Å². The highest BCUT2D eigenvalue weighted by Crippen LogP contribution is 2.34. The number of rotatable bonds is 7. The van der Waals surface area contributed by atoms with Gasteiger partial charge in [0, 0.05) is 24.1 Å². The van der Waals surface area contributed by atoms with Crippen molar-refractivity contribution in [3.05, 3.63) is 130 Å². The zero-order valence-corrected chi connectivity index (χ0v) is 36.6. The number of thiophene rings is 3. The summed E-state index contributed by atoms with van der Waals surface area (Å²) < 4.78 is 15.2. The Balaban J connectivity index is 0.000000139. The van der Waals surface area contributed by atoms with Gasteiger partial charge in [-0.25, -0.2) is 29.9 Å². The highest BCUT2D eigenvalue weighted by molar-refractivity contribution is 7.17. The number of nitrogens with zero attached hydrogens (tertiary/aromatic N) is 7. The molecule has 9 aromatic rings. The van der Waals surface area contributed by atoms with E-state index >= 15 is 0 Å². The summed E-state index contributed by atoms with van der Waals surface area (Å²) in [6, 6.07) is 23.0. The van der Waals surface area contributed by atoms with Gasteiger partial charge < -0.3 is 30.2 Å². The number of aromatic nitrogens is 6. The van der Waals surface area contributed by atoms with Crippen molar-refractivity contribution in [2.75, 3.05) is 44.3 Å². The van der Waals surface area contributed by atoms with Gasteiger partial charge in [-0.15, -0.1) is 34.0 Å². The highest BCUT2D eigenvalue weighted by atomic mass is 35.5. The van der Waals surface area contributed by atoms with Gasteiger partial charge in [0.2, 0.25) is 0 Å². The third-order valence-electron chi connectivity index (χ3n) is 8.84. The van der Waals surface area contributed by atoms with Crippen LogP contribution in [0.2, 0.25) is 5.15 Å². The van der Waals surface area contributed by atoms with Crippen molar-refractivity contribution in [3.63, 3.8) is 0 Å². The normalized spacial score (nSPS) is 10.4. The summed E-state index contributed by atoms with van der Waals surface area (Å²) in [6.45, 7) is 6.17. The third-order valence-corrected chi connectivity index (χ3v) is 12.1. The maximum Gasteiger partial charge on any atom is 0.145 e. The molecule has 12 nitrogen and oxygen atoms in total. The molecule has 6 heterocycles. The summed E-state index contributed by atoms with van der Waals surface area (Å²) in [5.74, 6) is 4.30. The second kappa shape index (κ2) is 20.0. The molecule has 0 unspecified atom stereocenters. The van der Waals surface area contributed by atoms with E-state index in [1.54, 1.807) is 80.1 Å². The molecule has 0 fully saturated rings. The first-order chi connectivity index (χ1) is 28.6. The van der Waals surface area contributed by atoms with Crippen LogP contribution in [0.5, 0.6) is 17.2 Å². The lowest BCUT2D eigenvalue weighted by molar-refractivity contribution is 0.414. The van der Waals surface area contributed by atoms with Gasteiger partial charge >= 0.3 is 0 Å². The van der Waals surface area contributed by atoms with Gasteiger partial charge in [0.05, 0.1) is 37.5 Å². The fourth-order valence-electron chi connectivity index (χ4n) is 5.68. The molecule has 0 bridgehead atoms. The SMILES string of the molecule is COc1ccc(N(C)c2ncnc3scc(C)c23)cc1.COc1ccc(N)cc1.COc1ccc(Nc2ncnc3scc(C)c23)cc1.Cc1csc2ncnc(Cl)c12. The lowest BCUT2D eigenvalue weighted by Gasteiger charge is -2.19. The van der Waals surface area contributed by atoms with Crippen molar-refractivity contribution in [1.82, 2.24) is 29.9 Å². The first-order valence-electron chi connectivity index (χ1n) is 18.0. The molecule has 3 aromatic carbocycles. The van der Waals surface area contributed by atoms with Crippen molar-refractivity contribution in [2.24, 2.45) is 0 Å². The minimum atomic E-state index is 0.550. The Hall–Kier alpha value is -6.13. The van der Waals surface area contributed by atoms with Gasteiger partial charge in [0.1, 0.15) is 67.5 Å². The summed E-state index contributed by atoms with van der Waals surface area (Å²) in [4.78, 5) is 30.4. The number of nitrogens with one attached hydrogen (secondary N) is 1. The smallest absolute Gasteiger partial charge is 0.145 e. The van der Waals surface area contributed by atoms with Gasteiger partial charge in [0.15, 0.2) is 0 Å². The minimum absolute atomic E-state index is 0.550. The second-order valence-corrected chi connectivity index (χ2v) is 15.7. The summed E-state index contributed by atoms with van der Waals surface area (Å²) in [7, 11) is 6.97. The van der Waals surface area contributed by atoms with Crippen LogP contribution < -0.4 is 30.2 Å². The number of ether oxygens (including phenoxy) is 3. The molecular weight excluding hydrogens is 822 g/mol. The molecule has 16 heteroatoms. The molecule has 302 valence electrons. The maximum absolute atomic E-state index is 5.86. The number of anilines is 5. The van der Waals surface area contributed by atoms with Crippen molar-refractivity contribution < 1.29 is 14.2 Å². The molecule has 0 aliphatic carbocycles. The van der Waals surface area contributed by atoms with E-state index in [0.29, 0.717) is 5.15 Å². The summed E-state index contributed by atoms with van der Waals surface area (Å²) in [6.07, 6.45) is 4.69. The number of fused-ring (bicyclic) bond motifs is 3. The van der Waals surface area contributed by atoms with Crippen molar-refractivity contribution >= 4 is 105 Å². The van der Waals surface area contributed by atoms with Gasteiger partial charge in [-0.2, -0.15) is 0 Å². The number of hydrogen-bond donors (Lipinski definition) is 2. The first kappa shape index (κ1) is 42.5. The fraction of sp³-hybridized carbons (Fsp3) is 0.163. The lowest BCUT2D eigenvalue weighted by Crippen LogP contribution is -2.11. The number of hydrogen-bond acceptors (Lipinski definition) is 15. The highest BCUT2D eigenvalue weighted by Gasteiger charge is 2.14. The Bertz CT molecular complexity index is 2740. The first-order valence-corrected chi connectivity index (χ1v) is 21.0. The van der Waals surface area contributed by atoms with E-state index in [2.05, 4.69) is 64.7 Å². The van der Waals surface area contributed by atoms with Gasteiger partial charge in [0.25, 0.3) is 0 Å². The standard InChI is InChI=1S/C15H15N3OS.C14H13N3OS.C7H5ClN2S.C7H9NO/c1-10-8-20-15-13(10)14(16-9-17-15)18(2)11-4-6-12(19-3)7-5-11;1-9-7-19-14-12(9)13(15-8-16-14)17-10-3-5-11(18-2)6-4-10;1-4-2-11-7-5(4)6(8)9-3-10-7;1-9-7-4-2-6(8)3-5-7/h4-9H,1-3H3;3-8H,1-2H3,(H,15,16,17);2-3H,1H3;2-5H,8H2,1H3. The molecule has 0 saturated carbocycles. The Morgan fingerprint density at radius 3 is 1.54 bits per heavy atom. The van der Waals surface area contributed by atoms with Crippen molar-refractivity contribution in [3.8, 4) is 17.2 Å². The minimum Gasteiger partial charge on any atom is -0.497 e. The molecule has 0 atom stereocenters. The van der Waals surface area contributed by atoms with Crippen LogP contribution in [-0.2, 0) is 0 Å². The fourth-order valence-corrected chi connectivity index (χ4v) is 8.68. The third kappa shape index (κ3) is 10.5. The van der Waals surface area contributed by atoms with Crippen LogP contribution >= 0.6 is 45.6 Å². The van der Waals surface area contributed by atoms with Crippen LogP contribution in [0.4, 0.5) is 28.7 Å². The predicted octanol–water partition coefficient (Wildman–Crippen LogP) is 11.5. The summed E-state index contributed by atoms with van der Waals surface area (Å²) in [5.41, 5.74) is 11.8. The molecular formula is C43H42ClN9O3S3. The Kier molecular flexibility index (Phi) is 14.4. The Morgan fingerprint density at radius 2 is 1.00 bits per heavy atom. The predicted molar refractivity (Wildman–Crippen MR) is 246 cm³/mol. The van der Waals surface area contributed by atoms with E-state index in [-0.39, 0.29) is 0 Å². The lowest BCUT2D eigenvalue weighted by atomic mass is 10.2. The van der Waals surface area contributed by atoms with Gasteiger partial charge in [-0.1, -0.05) is 11.6 Å². The molecule has 59 heavy (non-hydrogen) atoms. The van der Waals surface area contributed by atoms with Crippen molar-refractivity contribution in [1.29, 1.82) is 0 Å². The molecule has 0 aliphatic rings. The molecule has 6 aromatic heterocycles. The zero-order valence-electron chi connectivity index (χ0n) is 33.4. The Labute approximate surface area is 359 Å². The van der Waals surface area contributed by atoms with Crippen molar-refractivity contribution in [2.45, 2.75) is 20.8 Å². The number of aryl methyl sites for hydroxylation is 3. The van der Waals surface area contributed by atoms with E-state index < -0.39 is 0 Å². The molecule has 3 N–H and O–H groups in total.